The van der Waals surface area contributed by atoms with Gasteiger partial charge in [0.15, 0.2) is 0 Å². The largest absolute Gasteiger partial charge is 0.346 e. The third kappa shape index (κ3) is 18.0. The molecule has 0 aromatic rings. The van der Waals surface area contributed by atoms with Crippen molar-refractivity contribution in [1.82, 2.24) is 0 Å². The molecule has 0 saturated carbocycles. The third-order valence-corrected chi connectivity index (χ3v) is 2.47. The average Bonchev–Trinajstić information content (AvgIpc) is 2.12. The zero-order chi connectivity index (χ0) is 9.91. The van der Waals surface area contributed by atoms with Gasteiger partial charge >= 0.3 is 57.0 Å². The van der Waals surface area contributed by atoms with Crippen molar-refractivity contribution in [2.75, 3.05) is 0 Å². The monoisotopic (exact) mass is 236 g/mol. The van der Waals surface area contributed by atoms with Gasteiger partial charge in [-0.2, -0.15) is 13.8 Å². The van der Waals surface area contributed by atoms with E-state index in [2.05, 4.69) is 38.0 Å². The van der Waals surface area contributed by atoms with Crippen LogP contribution in [0.5, 0.6) is 0 Å². The van der Waals surface area contributed by atoms with Crippen molar-refractivity contribution in [3.63, 3.8) is 0 Å². The molecule has 0 aliphatic carbocycles. The van der Waals surface area contributed by atoms with Crippen molar-refractivity contribution >= 4 is 0 Å². The summed E-state index contributed by atoms with van der Waals surface area (Å²) < 4.78 is 4.19. The van der Waals surface area contributed by atoms with Crippen molar-refractivity contribution in [2.45, 2.75) is 46.6 Å². The predicted molar refractivity (Wildman–Crippen MR) is 48.9 cm³/mol. The Bertz CT molecular complexity index is 70.0. The molecule has 0 amide bonds. The first-order valence-electron chi connectivity index (χ1n) is 3.90. The molecule has 1 nitrogen and oxygen atoms in total. The van der Waals surface area contributed by atoms with Gasteiger partial charge in [0.2, 0.25) is 0 Å². The first-order valence-corrected chi connectivity index (χ1v) is 4.88. The van der Waals surface area contributed by atoms with Gasteiger partial charge in [0.1, 0.15) is 0 Å². The van der Waals surface area contributed by atoms with Crippen LogP contribution in [0.4, 0.5) is 0 Å². The molecule has 0 spiro atoms. The number of hydrogen-bond donors (Lipinski definition) is 0. The molecule has 0 aliphatic rings. The molecule has 69 valence electrons. The fraction of sp³-hybridized carbons (Fsp3) is 0.778. The Morgan fingerprint density at radius 3 is 1.45 bits per heavy atom. The maximum atomic E-state index is 4.19. The van der Waals surface area contributed by atoms with E-state index < -0.39 is 0 Å². The summed E-state index contributed by atoms with van der Waals surface area (Å²) in [4.78, 5) is 0. The summed E-state index contributed by atoms with van der Waals surface area (Å²) in [6.45, 7) is 16.4. The molecule has 0 aliphatic heterocycles. The summed E-state index contributed by atoms with van der Waals surface area (Å²) >= 11 is 1.55. The van der Waals surface area contributed by atoms with Crippen LogP contribution in [-0.4, -0.2) is 5.54 Å². The van der Waals surface area contributed by atoms with Gasteiger partial charge in [0.25, 0.3) is 0 Å². The molecule has 0 heterocycles. The fourth-order valence-corrected chi connectivity index (χ4v) is 0.418. The van der Waals surface area contributed by atoms with Gasteiger partial charge < -0.3 is 13.8 Å². The Morgan fingerprint density at radius 2 is 1.45 bits per heavy atom. The van der Waals surface area contributed by atoms with E-state index in [1.54, 1.807) is 34.7 Å². The van der Waals surface area contributed by atoms with Gasteiger partial charge in [-0.3, -0.25) is 0 Å². The summed E-state index contributed by atoms with van der Waals surface area (Å²) in [5.74, 6) is 0. The van der Waals surface area contributed by atoms with Crippen LogP contribution in [0.15, 0.2) is 3.34 Å². The topological polar surface area (TPSA) is 12.4 Å². The second-order valence-corrected chi connectivity index (χ2v) is 2.76. The van der Waals surface area contributed by atoms with Crippen LogP contribution in [0.25, 0.3) is 0 Å². The van der Waals surface area contributed by atoms with E-state index in [0.717, 1.165) is 6.42 Å². The molecule has 0 fully saturated rings. The van der Waals surface area contributed by atoms with Gasteiger partial charge in [-0.15, -0.1) is 0 Å². The van der Waals surface area contributed by atoms with Gasteiger partial charge in [0, 0.05) is 0 Å². The van der Waals surface area contributed by atoms with Crippen LogP contribution in [0.1, 0.15) is 41.0 Å². The van der Waals surface area contributed by atoms with Gasteiger partial charge in [-0.1, -0.05) is 0 Å². The van der Waals surface area contributed by atoms with Crippen LogP contribution >= 0.6 is 0 Å². The van der Waals surface area contributed by atoms with E-state index in [9.17, 15) is 0 Å². The minimum Gasteiger partial charge on any atom is -0.346 e. The number of nitrogens with zero attached hydrogens (tertiary/aromatic N) is 1. The van der Waals surface area contributed by atoms with Crippen LogP contribution in [0.2, 0.25) is 0 Å². The molecular formula is C9H21NNb-2. The van der Waals surface area contributed by atoms with Gasteiger partial charge in [-0.25, -0.2) is 0 Å². The molecule has 0 aromatic heterocycles. The average molecular weight is 236 g/mol. The Hall–Kier alpha value is 0.540. The summed E-state index contributed by atoms with van der Waals surface area (Å²) in [7, 11) is 0. The van der Waals surface area contributed by atoms with Crippen LogP contribution in [0.3, 0.4) is 0 Å². The van der Waals surface area contributed by atoms with E-state index in [4.69, 9.17) is 0 Å². The zero-order valence-corrected chi connectivity index (χ0v) is 10.7. The zero-order valence-electron chi connectivity index (χ0n) is 8.52. The van der Waals surface area contributed by atoms with E-state index in [1.807, 2.05) is 0 Å². The molecule has 0 atom stereocenters. The van der Waals surface area contributed by atoms with Gasteiger partial charge in [-0.05, 0) is 0 Å². The van der Waals surface area contributed by atoms with Crippen molar-refractivity contribution < 1.29 is 20.9 Å². The molecule has 0 saturated heterocycles. The summed E-state index contributed by atoms with van der Waals surface area (Å²) in [5.41, 5.74) is 0.231. The molecular weight excluding hydrogens is 215 g/mol. The minimum absolute atomic E-state index is 0.231. The summed E-state index contributed by atoms with van der Waals surface area (Å²) in [6.07, 6.45) is 1.14. The summed E-state index contributed by atoms with van der Waals surface area (Å²) in [5, 5.41) is 0. The number of rotatable bonds is 2. The molecule has 0 aromatic carbocycles. The van der Waals surface area contributed by atoms with E-state index in [-0.39, 0.29) is 5.54 Å². The Morgan fingerprint density at radius 1 is 1.18 bits per heavy atom. The van der Waals surface area contributed by atoms with Crippen molar-refractivity contribution in [2.24, 2.45) is 3.34 Å². The van der Waals surface area contributed by atoms with Crippen LogP contribution in [0, 0.1) is 13.8 Å². The first kappa shape index (κ1) is 17.6. The maximum absolute atomic E-state index is 4.19. The minimum atomic E-state index is 0.231. The van der Waals surface area contributed by atoms with Gasteiger partial charge in [0.05, 0.1) is 0 Å². The van der Waals surface area contributed by atoms with Crippen molar-refractivity contribution in [1.29, 1.82) is 0 Å². The molecule has 2 heteroatoms. The maximum Gasteiger partial charge on any atom is -0.194 e. The molecule has 0 radical (unpaired) electrons. The predicted octanol–water partition coefficient (Wildman–Crippen LogP) is 3.59. The second kappa shape index (κ2) is 13.2. The molecule has 0 unspecified atom stereocenters. The van der Waals surface area contributed by atoms with E-state index in [0.29, 0.717) is 0 Å². The van der Waals surface area contributed by atoms with Crippen molar-refractivity contribution in [3.05, 3.63) is 13.8 Å². The first-order chi connectivity index (χ1) is 5.12. The Labute approximate surface area is 84.8 Å². The fourth-order valence-electron chi connectivity index (χ4n) is 0.0707. The smallest absolute Gasteiger partial charge is 0.194 e. The normalized spacial score (nSPS) is 8.18. The molecule has 0 bridgehead atoms. The third-order valence-electron chi connectivity index (χ3n) is 1.14. The van der Waals surface area contributed by atoms with E-state index >= 15 is 0 Å². The standard InChI is InChI=1S/C5H11N.2C2H5.Nb/c1-4-5(2,3)6;2*1-2;/h4H2,1-3H3;2*1H2,2H3;/q;2*-1;. The number of hydrogen-bond acceptors (Lipinski definition) is 1. The Balaban J connectivity index is -0.000000138. The quantitative estimate of drug-likeness (QED) is 0.513. The molecule has 0 N–H and O–H groups in total. The SMILES string of the molecule is CCC(C)(C)[N]=[Nb].[CH2-]C.[CH2-]C. The van der Waals surface area contributed by atoms with Crippen molar-refractivity contribution in [3.8, 4) is 0 Å². The van der Waals surface area contributed by atoms with Crippen LogP contribution < -0.4 is 0 Å². The molecule has 11 heavy (non-hydrogen) atoms. The van der Waals surface area contributed by atoms with E-state index in [1.165, 1.54) is 0 Å². The molecule has 0 rings (SSSR count). The Kier molecular flexibility index (Phi) is 21.0. The van der Waals surface area contributed by atoms with Crippen LogP contribution in [-0.2, 0) is 20.9 Å². The summed E-state index contributed by atoms with van der Waals surface area (Å²) in [6, 6.07) is 0. The second-order valence-electron chi connectivity index (χ2n) is 2.27.